The summed E-state index contributed by atoms with van der Waals surface area (Å²) in [6.07, 6.45) is 0.892. The SMILES string of the molecule is CCc1ccc(CN(CC(O)COc2ccc(C)cc2C)C2CCS(=O)(=O)C2)cc1. The molecule has 1 N–H and O–H groups in total. The molecule has 1 heterocycles. The summed E-state index contributed by atoms with van der Waals surface area (Å²) in [6, 6.07) is 14.3. The topological polar surface area (TPSA) is 66.8 Å². The number of aliphatic hydroxyl groups is 1. The van der Waals surface area contributed by atoms with E-state index in [0.717, 1.165) is 23.3 Å². The van der Waals surface area contributed by atoms with Crippen LogP contribution >= 0.6 is 0 Å². The lowest BCUT2D eigenvalue weighted by Crippen LogP contribution is -2.42. The zero-order valence-electron chi connectivity index (χ0n) is 18.2. The molecule has 1 aliphatic heterocycles. The van der Waals surface area contributed by atoms with Crippen LogP contribution in [0.2, 0.25) is 0 Å². The van der Waals surface area contributed by atoms with Gasteiger partial charge in [0.2, 0.25) is 0 Å². The average molecular weight is 432 g/mol. The van der Waals surface area contributed by atoms with Crippen molar-refractivity contribution in [3.8, 4) is 5.75 Å². The predicted octanol–water partition coefficient (Wildman–Crippen LogP) is 3.29. The summed E-state index contributed by atoms with van der Waals surface area (Å²) in [5, 5.41) is 10.7. The molecule has 1 saturated heterocycles. The minimum absolute atomic E-state index is 0.0726. The first-order valence-corrected chi connectivity index (χ1v) is 12.5. The Morgan fingerprint density at radius 2 is 1.83 bits per heavy atom. The number of aryl methyl sites for hydroxylation is 3. The van der Waals surface area contributed by atoms with Gasteiger partial charge in [-0.2, -0.15) is 0 Å². The van der Waals surface area contributed by atoms with E-state index in [1.807, 2.05) is 26.0 Å². The maximum atomic E-state index is 12.0. The molecule has 0 aromatic heterocycles. The first-order chi connectivity index (χ1) is 14.3. The van der Waals surface area contributed by atoms with Crippen molar-refractivity contribution in [2.24, 2.45) is 0 Å². The second kappa shape index (κ2) is 9.94. The molecule has 2 aromatic rings. The van der Waals surface area contributed by atoms with Crippen LogP contribution in [0.25, 0.3) is 0 Å². The van der Waals surface area contributed by atoms with Crippen LogP contribution in [0, 0.1) is 13.8 Å². The van der Waals surface area contributed by atoms with Crippen molar-refractivity contribution < 1.29 is 18.3 Å². The molecular formula is C24H33NO4S. The van der Waals surface area contributed by atoms with E-state index in [1.165, 1.54) is 11.1 Å². The number of hydrogen-bond acceptors (Lipinski definition) is 5. The van der Waals surface area contributed by atoms with Gasteiger partial charge in [0.25, 0.3) is 0 Å². The summed E-state index contributed by atoms with van der Waals surface area (Å²) in [4.78, 5) is 2.10. The van der Waals surface area contributed by atoms with E-state index in [1.54, 1.807) is 0 Å². The third kappa shape index (κ3) is 6.30. The van der Waals surface area contributed by atoms with Crippen LogP contribution in [0.5, 0.6) is 5.75 Å². The van der Waals surface area contributed by atoms with Gasteiger partial charge in [-0.1, -0.05) is 48.9 Å². The summed E-state index contributed by atoms with van der Waals surface area (Å²) in [6.45, 7) is 7.31. The van der Waals surface area contributed by atoms with Gasteiger partial charge < -0.3 is 9.84 Å². The average Bonchev–Trinajstić information content (AvgIpc) is 3.07. The maximum Gasteiger partial charge on any atom is 0.151 e. The van der Waals surface area contributed by atoms with Crippen LogP contribution in [0.4, 0.5) is 0 Å². The number of aliphatic hydroxyl groups excluding tert-OH is 1. The molecule has 2 unspecified atom stereocenters. The monoisotopic (exact) mass is 431 g/mol. The van der Waals surface area contributed by atoms with E-state index >= 15 is 0 Å². The second-order valence-electron chi connectivity index (χ2n) is 8.39. The standard InChI is InChI=1S/C24H33NO4S/c1-4-20-6-8-21(9-7-20)14-25(22-11-12-30(27,28)17-22)15-23(26)16-29-24-10-5-18(2)13-19(24)3/h5-10,13,22-23,26H,4,11-12,14-17H2,1-3H3. The summed E-state index contributed by atoms with van der Waals surface area (Å²) in [5.41, 5.74) is 4.61. The van der Waals surface area contributed by atoms with Gasteiger partial charge in [-0.05, 0) is 49.4 Å². The van der Waals surface area contributed by atoms with Gasteiger partial charge in [0.15, 0.2) is 9.84 Å². The third-order valence-electron chi connectivity index (χ3n) is 5.75. The van der Waals surface area contributed by atoms with Crippen LogP contribution < -0.4 is 4.74 Å². The van der Waals surface area contributed by atoms with Crippen molar-refractivity contribution in [3.63, 3.8) is 0 Å². The van der Waals surface area contributed by atoms with Crippen molar-refractivity contribution in [2.75, 3.05) is 24.7 Å². The van der Waals surface area contributed by atoms with Crippen molar-refractivity contribution in [2.45, 2.75) is 52.3 Å². The molecule has 3 rings (SSSR count). The fourth-order valence-electron chi connectivity index (χ4n) is 3.99. The van der Waals surface area contributed by atoms with Gasteiger partial charge in [0.05, 0.1) is 11.5 Å². The van der Waals surface area contributed by atoms with E-state index in [9.17, 15) is 13.5 Å². The minimum Gasteiger partial charge on any atom is -0.491 e. The minimum atomic E-state index is -3.00. The number of nitrogens with zero attached hydrogens (tertiary/aromatic N) is 1. The smallest absolute Gasteiger partial charge is 0.151 e. The molecule has 2 aromatic carbocycles. The number of hydrogen-bond donors (Lipinski definition) is 1. The quantitative estimate of drug-likeness (QED) is 0.660. The molecule has 0 aliphatic carbocycles. The molecule has 0 spiro atoms. The highest BCUT2D eigenvalue weighted by atomic mass is 32.2. The molecule has 2 atom stereocenters. The molecule has 5 nitrogen and oxygen atoms in total. The zero-order chi connectivity index (χ0) is 21.7. The van der Waals surface area contributed by atoms with E-state index < -0.39 is 15.9 Å². The first-order valence-electron chi connectivity index (χ1n) is 10.7. The zero-order valence-corrected chi connectivity index (χ0v) is 19.0. The van der Waals surface area contributed by atoms with Gasteiger partial charge in [-0.25, -0.2) is 8.42 Å². The first kappa shape index (κ1) is 22.8. The lowest BCUT2D eigenvalue weighted by molar-refractivity contribution is 0.0523. The fraction of sp³-hybridized carbons (Fsp3) is 0.500. The van der Waals surface area contributed by atoms with Crippen LogP contribution in [-0.2, 0) is 22.8 Å². The highest BCUT2D eigenvalue weighted by molar-refractivity contribution is 7.91. The largest absolute Gasteiger partial charge is 0.491 e. The Bertz CT molecular complexity index is 940. The molecule has 6 heteroatoms. The normalized spacial score (nSPS) is 19.2. The Morgan fingerprint density at radius 1 is 1.13 bits per heavy atom. The highest BCUT2D eigenvalue weighted by Gasteiger charge is 2.33. The van der Waals surface area contributed by atoms with Crippen molar-refractivity contribution in [1.29, 1.82) is 0 Å². The van der Waals surface area contributed by atoms with E-state index in [0.29, 0.717) is 19.5 Å². The molecule has 0 amide bonds. The molecule has 164 valence electrons. The Hall–Kier alpha value is -1.89. The van der Waals surface area contributed by atoms with Crippen molar-refractivity contribution in [1.82, 2.24) is 4.90 Å². The number of ether oxygens (including phenoxy) is 1. The van der Waals surface area contributed by atoms with Gasteiger partial charge in [0.1, 0.15) is 18.5 Å². The summed E-state index contributed by atoms with van der Waals surface area (Å²) in [5.74, 6) is 1.15. The van der Waals surface area contributed by atoms with Gasteiger partial charge in [-0.15, -0.1) is 0 Å². The predicted molar refractivity (Wildman–Crippen MR) is 121 cm³/mol. The fourth-order valence-corrected chi connectivity index (χ4v) is 5.75. The molecule has 0 radical (unpaired) electrons. The lowest BCUT2D eigenvalue weighted by atomic mass is 10.1. The third-order valence-corrected chi connectivity index (χ3v) is 7.50. The Labute approximate surface area is 180 Å². The second-order valence-corrected chi connectivity index (χ2v) is 10.6. The van der Waals surface area contributed by atoms with Gasteiger partial charge in [-0.3, -0.25) is 4.90 Å². The van der Waals surface area contributed by atoms with Gasteiger partial charge in [0, 0.05) is 19.1 Å². The van der Waals surface area contributed by atoms with Crippen LogP contribution in [0.3, 0.4) is 0 Å². The number of benzene rings is 2. The Morgan fingerprint density at radius 3 is 2.43 bits per heavy atom. The summed E-state index contributed by atoms with van der Waals surface area (Å²) in [7, 11) is -3.00. The summed E-state index contributed by atoms with van der Waals surface area (Å²) >= 11 is 0. The van der Waals surface area contributed by atoms with Crippen LogP contribution in [-0.4, -0.2) is 55.2 Å². The lowest BCUT2D eigenvalue weighted by Gasteiger charge is -2.30. The summed E-state index contributed by atoms with van der Waals surface area (Å²) < 4.78 is 29.9. The van der Waals surface area contributed by atoms with Gasteiger partial charge >= 0.3 is 0 Å². The molecule has 0 saturated carbocycles. The van der Waals surface area contributed by atoms with E-state index in [4.69, 9.17) is 4.74 Å². The molecule has 30 heavy (non-hydrogen) atoms. The molecule has 1 aliphatic rings. The van der Waals surface area contributed by atoms with E-state index in [2.05, 4.69) is 42.2 Å². The number of sulfone groups is 1. The molecule has 0 bridgehead atoms. The van der Waals surface area contributed by atoms with Crippen LogP contribution in [0.1, 0.15) is 35.6 Å². The maximum absolute atomic E-state index is 12.0. The Kier molecular flexibility index (Phi) is 7.55. The van der Waals surface area contributed by atoms with Crippen molar-refractivity contribution in [3.05, 3.63) is 64.7 Å². The van der Waals surface area contributed by atoms with E-state index in [-0.39, 0.29) is 24.2 Å². The Balaban J connectivity index is 1.66. The molecule has 1 fully saturated rings. The molecular weight excluding hydrogens is 398 g/mol. The van der Waals surface area contributed by atoms with Crippen molar-refractivity contribution >= 4 is 9.84 Å². The number of rotatable bonds is 9. The van der Waals surface area contributed by atoms with Crippen LogP contribution in [0.15, 0.2) is 42.5 Å². The highest BCUT2D eigenvalue weighted by Crippen LogP contribution is 2.22.